The van der Waals surface area contributed by atoms with Crippen LogP contribution in [0.2, 0.25) is 0 Å². The van der Waals surface area contributed by atoms with Crippen molar-refractivity contribution in [2.75, 3.05) is 10.8 Å². The summed E-state index contributed by atoms with van der Waals surface area (Å²) in [5, 5.41) is 5.07. The van der Waals surface area contributed by atoms with Crippen LogP contribution in [-0.4, -0.2) is 15.0 Å². The molecule has 78 valence electrons. The number of nitrogens with two attached hydrogens (primary N) is 1. The lowest BCUT2D eigenvalue weighted by Crippen LogP contribution is -2.36. The molecule has 1 aromatic carbocycles. The normalized spacial score (nSPS) is 11.4. The Kier molecular flexibility index (Phi) is 3.13. The van der Waals surface area contributed by atoms with Gasteiger partial charge in [0.1, 0.15) is 0 Å². The first-order valence-corrected chi connectivity index (χ1v) is 5.82. The molecular formula is C9H14N2O2S. The van der Waals surface area contributed by atoms with Crippen molar-refractivity contribution in [2.24, 2.45) is 5.14 Å². The van der Waals surface area contributed by atoms with Crippen LogP contribution in [0.3, 0.4) is 0 Å². The van der Waals surface area contributed by atoms with E-state index in [1.807, 2.05) is 13.0 Å². The summed E-state index contributed by atoms with van der Waals surface area (Å²) in [6.45, 7) is 3.98. The zero-order chi connectivity index (χ0) is 10.8. The lowest BCUT2D eigenvalue weighted by atomic mass is 10.2. The highest BCUT2D eigenvalue weighted by molar-refractivity contribution is 7.90. The molecular weight excluding hydrogens is 200 g/mol. The monoisotopic (exact) mass is 214 g/mol. The molecule has 5 heteroatoms. The van der Waals surface area contributed by atoms with Gasteiger partial charge in [0.15, 0.2) is 0 Å². The van der Waals surface area contributed by atoms with Gasteiger partial charge in [0, 0.05) is 6.54 Å². The summed E-state index contributed by atoms with van der Waals surface area (Å²) in [7, 11) is -3.65. The van der Waals surface area contributed by atoms with Gasteiger partial charge in [-0.25, -0.2) is 5.14 Å². The number of rotatable bonds is 3. The topological polar surface area (TPSA) is 63.4 Å². The van der Waals surface area contributed by atoms with Crippen molar-refractivity contribution >= 4 is 15.9 Å². The SMILES string of the molecule is CCN(c1cccc(C)c1)S(N)(=O)=O. The van der Waals surface area contributed by atoms with Gasteiger partial charge in [-0.2, -0.15) is 8.42 Å². The number of hydrogen-bond acceptors (Lipinski definition) is 2. The van der Waals surface area contributed by atoms with Crippen molar-refractivity contribution in [2.45, 2.75) is 13.8 Å². The smallest absolute Gasteiger partial charge is 0.258 e. The lowest BCUT2D eigenvalue weighted by Gasteiger charge is -2.19. The van der Waals surface area contributed by atoms with E-state index in [4.69, 9.17) is 5.14 Å². The molecule has 0 saturated carbocycles. The van der Waals surface area contributed by atoms with Gasteiger partial charge in [-0.3, -0.25) is 4.31 Å². The van der Waals surface area contributed by atoms with Crippen LogP contribution in [0.4, 0.5) is 5.69 Å². The highest BCUT2D eigenvalue weighted by Gasteiger charge is 2.15. The maximum absolute atomic E-state index is 11.2. The van der Waals surface area contributed by atoms with E-state index in [0.29, 0.717) is 12.2 Å². The Morgan fingerprint density at radius 2 is 2.07 bits per heavy atom. The van der Waals surface area contributed by atoms with Crippen LogP contribution in [0.25, 0.3) is 0 Å². The summed E-state index contributed by atoms with van der Waals surface area (Å²) in [4.78, 5) is 0. The molecule has 0 spiro atoms. The largest absolute Gasteiger partial charge is 0.298 e. The van der Waals surface area contributed by atoms with E-state index in [0.717, 1.165) is 5.56 Å². The van der Waals surface area contributed by atoms with Gasteiger partial charge in [-0.1, -0.05) is 12.1 Å². The highest BCUT2D eigenvalue weighted by atomic mass is 32.2. The molecule has 2 N–H and O–H groups in total. The lowest BCUT2D eigenvalue weighted by molar-refractivity contribution is 0.593. The quantitative estimate of drug-likeness (QED) is 0.816. The fourth-order valence-corrected chi connectivity index (χ4v) is 2.06. The van der Waals surface area contributed by atoms with Crippen molar-refractivity contribution in [3.63, 3.8) is 0 Å². The molecule has 0 saturated heterocycles. The Labute approximate surface area is 84.5 Å². The third-order valence-corrected chi connectivity index (χ3v) is 2.97. The number of aryl methyl sites for hydroxylation is 1. The molecule has 0 unspecified atom stereocenters. The Morgan fingerprint density at radius 3 is 2.50 bits per heavy atom. The van der Waals surface area contributed by atoms with Crippen LogP contribution in [0.1, 0.15) is 12.5 Å². The van der Waals surface area contributed by atoms with Crippen molar-refractivity contribution in [3.8, 4) is 0 Å². The molecule has 1 aromatic rings. The summed E-state index contributed by atoms with van der Waals surface area (Å²) in [6.07, 6.45) is 0. The molecule has 14 heavy (non-hydrogen) atoms. The molecule has 0 heterocycles. The van der Waals surface area contributed by atoms with Crippen molar-refractivity contribution < 1.29 is 8.42 Å². The Bertz CT molecular complexity index is 415. The molecule has 0 atom stereocenters. The number of hydrogen-bond donors (Lipinski definition) is 1. The fraction of sp³-hybridized carbons (Fsp3) is 0.333. The molecule has 4 nitrogen and oxygen atoms in total. The minimum absolute atomic E-state index is 0.336. The molecule has 0 amide bonds. The first kappa shape index (κ1) is 11.0. The summed E-state index contributed by atoms with van der Waals surface area (Å²) < 4.78 is 23.5. The van der Waals surface area contributed by atoms with Gasteiger partial charge in [0.05, 0.1) is 5.69 Å². The zero-order valence-electron chi connectivity index (χ0n) is 8.27. The van der Waals surface area contributed by atoms with Crippen LogP contribution in [-0.2, 0) is 10.2 Å². The van der Waals surface area contributed by atoms with Gasteiger partial charge in [-0.15, -0.1) is 0 Å². The summed E-state index contributed by atoms with van der Waals surface area (Å²) in [6, 6.07) is 7.22. The third kappa shape index (κ3) is 2.46. The zero-order valence-corrected chi connectivity index (χ0v) is 9.08. The van der Waals surface area contributed by atoms with E-state index in [1.165, 1.54) is 4.31 Å². The highest BCUT2D eigenvalue weighted by Crippen LogP contribution is 2.17. The molecule has 0 aromatic heterocycles. The average molecular weight is 214 g/mol. The maximum Gasteiger partial charge on any atom is 0.298 e. The molecule has 0 radical (unpaired) electrons. The minimum atomic E-state index is -3.65. The second kappa shape index (κ2) is 3.98. The summed E-state index contributed by atoms with van der Waals surface area (Å²) >= 11 is 0. The molecule has 0 bridgehead atoms. The van der Waals surface area contributed by atoms with Crippen molar-refractivity contribution in [3.05, 3.63) is 29.8 Å². The van der Waals surface area contributed by atoms with E-state index in [1.54, 1.807) is 25.1 Å². The van der Waals surface area contributed by atoms with E-state index < -0.39 is 10.2 Å². The minimum Gasteiger partial charge on any atom is -0.258 e. The number of anilines is 1. The third-order valence-electron chi connectivity index (χ3n) is 1.88. The van der Waals surface area contributed by atoms with E-state index in [-0.39, 0.29) is 0 Å². The van der Waals surface area contributed by atoms with E-state index in [2.05, 4.69) is 0 Å². The van der Waals surface area contributed by atoms with Gasteiger partial charge in [-0.05, 0) is 31.5 Å². The standard InChI is InChI=1S/C9H14N2O2S/c1-3-11(14(10,12)13)9-6-4-5-8(2)7-9/h4-7H,3H2,1-2H3,(H2,10,12,13). The van der Waals surface area contributed by atoms with Crippen LogP contribution in [0, 0.1) is 6.92 Å². The molecule has 1 rings (SSSR count). The van der Waals surface area contributed by atoms with Gasteiger partial charge in [0.2, 0.25) is 0 Å². The van der Waals surface area contributed by atoms with Gasteiger partial charge < -0.3 is 0 Å². The second-order valence-electron chi connectivity index (χ2n) is 3.05. The summed E-state index contributed by atoms with van der Waals surface area (Å²) in [5.74, 6) is 0. The second-order valence-corrected chi connectivity index (χ2v) is 4.52. The van der Waals surface area contributed by atoms with Crippen molar-refractivity contribution in [1.29, 1.82) is 0 Å². The molecule has 0 aliphatic heterocycles. The molecule has 0 aliphatic rings. The van der Waals surface area contributed by atoms with Crippen LogP contribution >= 0.6 is 0 Å². The van der Waals surface area contributed by atoms with Crippen LogP contribution < -0.4 is 9.44 Å². The fourth-order valence-electron chi connectivity index (χ4n) is 1.29. The van der Waals surface area contributed by atoms with Crippen LogP contribution in [0.5, 0.6) is 0 Å². The number of benzene rings is 1. The van der Waals surface area contributed by atoms with Gasteiger partial charge >= 0.3 is 0 Å². The van der Waals surface area contributed by atoms with Crippen LogP contribution in [0.15, 0.2) is 24.3 Å². The Hall–Kier alpha value is -1.07. The molecule has 0 fully saturated rings. The predicted octanol–water partition coefficient (Wildman–Crippen LogP) is 1.02. The first-order chi connectivity index (χ1) is 6.45. The van der Waals surface area contributed by atoms with E-state index >= 15 is 0 Å². The molecule has 0 aliphatic carbocycles. The summed E-state index contributed by atoms with van der Waals surface area (Å²) in [5.41, 5.74) is 1.61. The van der Waals surface area contributed by atoms with Gasteiger partial charge in [0.25, 0.3) is 10.2 Å². The number of nitrogens with zero attached hydrogens (tertiary/aromatic N) is 1. The average Bonchev–Trinajstić information content (AvgIpc) is 2.02. The maximum atomic E-state index is 11.2. The Balaban J connectivity index is 3.14. The van der Waals surface area contributed by atoms with E-state index in [9.17, 15) is 8.42 Å². The predicted molar refractivity (Wildman–Crippen MR) is 57.3 cm³/mol. The van der Waals surface area contributed by atoms with Crippen molar-refractivity contribution in [1.82, 2.24) is 0 Å². The first-order valence-electron chi connectivity index (χ1n) is 4.32. The Morgan fingerprint density at radius 1 is 1.43 bits per heavy atom.